The van der Waals surface area contributed by atoms with Gasteiger partial charge in [-0.3, -0.25) is 4.79 Å². The largest absolute Gasteiger partial charge is 0.373 e. The molecule has 0 saturated carbocycles. The summed E-state index contributed by atoms with van der Waals surface area (Å²) in [5.41, 5.74) is 2.15. The molecule has 33 heavy (non-hydrogen) atoms. The number of carbonyl (C=O) groups is 1. The number of nitrogens with zero attached hydrogens (tertiary/aromatic N) is 2. The van der Waals surface area contributed by atoms with E-state index in [1.807, 2.05) is 38.1 Å². The third-order valence-electron chi connectivity index (χ3n) is 6.22. The SMILES string of the molecule is C[C@H]1CN(S(=O)(=O)c2cccc(C(=O)Nc3ccc(N4CCCCCC4)cc3)c2)C[C@H](C)O1. The van der Waals surface area contributed by atoms with Gasteiger partial charge in [0.15, 0.2) is 0 Å². The van der Waals surface area contributed by atoms with E-state index < -0.39 is 10.0 Å². The molecule has 2 fully saturated rings. The number of sulfonamides is 1. The second kappa shape index (κ2) is 10.2. The van der Waals surface area contributed by atoms with E-state index >= 15 is 0 Å². The molecule has 1 N–H and O–H groups in total. The van der Waals surface area contributed by atoms with Gasteiger partial charge in [-0.15, -0.1) is 0 Å². The molecule has 1 amide bonds. The Balaban J connectivity index is 1.45. The van der Waals surface area contributed by atoms with Gasteiger partial charge in [0.05, 0.1) is 17.1 Å². The van der Waals surface area contributed by atoms with E-state index in [9.17, 15) is 13.2 Å². The Bertz CT molecular complexity index is 1050. The van der Waals surface area contributed by atoms with E-state index in [4.69, 9.17) is 4.74 Å². The Morgan fingerprint density at radius 2 is 1.58 bits per heavy atom. The van der Waals surface area contributed by atoms with Gasteiger partial charge >= 0.3 is 0 Å². The van der Waals surface area contributed by atoms with Gasteiger partial charge < -0.3 is 15.0 Å². The van der Waals surface area contributed by atoms with Crippen LogP contribution in [0, 0.1) is 0 Å². The van der Waals surface area contributed by atoms with Gasteiger partial charge in [-0.05, 0) is 69.2 Å². The molecule has 0 radical (unpaired) electrons. The maximum atomic E-state index is 13.2. The lowest BCUT2D eigenvalue weighted by atomic mass is 10.2. The molecule has 2 heterocycles. The molecular weight excluding hydrogens is 438 g/mol. The number of carbonyl (C=O) groups excluding carboxylic acids is 1. The number of morpholine rings is 1. The van der Waals surface area contributed by atoms with Crippen LogP contribution in [0.3, 0.4) is 0 Å². The lowest BCUT2D eigenvalue weighted by molar-refractivity contribution is -0.0440. The van der Waals surface area contributed by atoms with Crippen molar-refractivity contribution in [1.29, 1.82) is 0 Å². The minimum absolute atomic E-state index is 0.118. The number of hydrogen-bond acceptors (Lipinski definition) is 5. The van der Waals surface area contributed by atoms with Crippen molar-refractivity contribution in [3.05, 3.63) is 54.1 Å². The predicted octanol–water partition coefficient (Wildman–Crippen LogP) is 4.12. The quantitative estimate of drug-likeness (QED) is 0.710. The van der Waals surface area contributed by atoms with Crippen molar-refractivity contribution >= 4 is 27.3 Å². The molecule has 8 heteroatoms. The first-order chi connectivity index (χ1) is 15.8. The predicted molar refractivity (Wildman–Crippen MR) is 130 cm³/mol. The highest BCUT2D eigenvalue weighted by molar-refractivity contribution is 7.89. The summed E-state index contributed by atoms with van der Waals surface area (Å²) < 4.78 is 33.4. The van der Waals surface area contributed by atoms with Crippen molar-refractivity contribution in [2.75, 3.05) is 36.4 Å². The second-order valence-corrected chi connectivity index (χ2v) is 10.9. The van der Waals surface area contributed by atoms with Crippen LogP contribution in [0.15, 0.2) is 53.4 Å². The Morgan fingerprint density at radius 1 is 0.939 bits per heavy atom. The van der Waals surface area contributed by atoms with Crippen LogP contribution in [0.1, 0.15) is 49.9 Å². The molecular formula is C25H33N3O4S. The number of nitrogens with one attached hydrogen (secondary N) is 1. The lowest BCUT2D eigenvalue weighted by Crippen LogP contribution is -2.48. The van der Waals surface area contributed by atoms with Crippen molar-refractivity contribution in [2.24, 2.45) is 0 Å². The van der Waals surface area contributed by atoms with E-state index in [-0.39, 0.29) is 23.0 Å². The second-order valence-electron chi connectivity index (χ2n) is 9.01. The maximum absolute atomic E-state index is 13.2. The van der Waals surface area contributed by atoms with E-state index in [1.165, 1.54) is 42.1 Å². The highest BCUT2D eigenvalue weighted by Gasteiger charge is 2.32. The third kappa shape index (κ3) is 5.75. The molecule has 7 nitrogen and oxygen atoms in total. The molecule has 0 bridgehead atoms. The lowest BCUT2D eigenvalue weighted by Gasteiger charge is -2.34. The van der Waals surface area contributed by atoms with E-state index in [2.05, 4.69) is 10.2 Å². The minimum atomic E-state index is -3.71. The van der Waals surface area contributed by atoms with Gasteiger partial charge in [-0.25, -0.2) is 8.42 Å². The smallest absolute Gasteiger partial charge is 0.255 e. The van der Waals surface area contributed by atoms with Crippen LogP contribution in [0.4, 0.5) is 11.4 Å². The monoisotopic (exact) mass is 471 g/mol. The van der Waals surface area contributed by atoms with Crippen LogP contribution in [-0.4, -0.2) is 57.0 Å². The third-order valence-corrected chi connectivity index (χ3v) is 8.04. The fourth-order valence-electron chi connectivity index (χ4n) is 4.56. The normalized spacial score (nSPS) is 22.5. The zero-order valence-electron chi connectivity index (χ0n) is 19.4. The number of ether oxygens (including phenoxy) is 1. The highest BCUT2D eigenvalue weighted by atomic mass is 32.2. The molecule has 4 rings (SSSR count). The van der Waals surface area contributed by atoms with Gasteiger partial charge in [-0.1, -0.05) is 18.9 Å². The van der Waals surface area contributed by atoms with E-state index in [1.54, 1.807) is 12.1 Å². The molecule has 2 aliphatic heterocycles. The van der Waals surface area contributed by atoms with Gasteiger partial charge in [0.1, 0.15) is 0 Å². The summed E-state index contributed by atoms with van der Waals surface area (Å²) in [6.45, 7) is 6.45. The van der Waals surface area contributed by atoms with Crippen LogP contribution in [0.2, 0.25) is 0 Å². The molecule has 178 valence electrons. The number of amides is 1. The molecule has 2 aliphatic rings. The standard InChI is InChI=1S/C25H33N3O4S/c1-19-17-28(18-20(2)32-19)33(30,31)24-9-7-8-21(16-24)25(29)26-22-10-12-23(13-11-22)27-14-5-3-4-6-15-27/h7-13,16,19-20H,3-6,14-15,17-18H2,1-2H3,(H,26,29)/t19-,20-/m0/s1. The summed E-state index contributed by atoms with van der Waals surface area (Å²) in [7, 11) is -3.71. The first-order valence-corrected chi connectivity index (χ1v) is 13.2. The fraction of sp³-hybridized carbons (Fsp3) is 0.480. The van der Waals surface area contributed by atoms with Gasteiger partial charge in [0.2, 0.25) is 10.0 Å². The summed E-state index contributed by atoms with van der Waals surface area (Å²) in [5.74, 6) is -0.335. The molecule has 2 aromatic rings. The van der Waals surface area contributed by atoms with Gasteiger partial charge in [-0.2, -0.15) is 4.31 Å². The topological polar surface area (TPSA) is 79.0 Å². The van der Waals surface area contributed by atoms with E-state index in [0.717, 1.165) is 18.8 Å². The molecule has 0 aromatic heterocycles. The summed E-state index contributed by atoms with van der Waals surface area (Å²) in [6, 6.07) is 14.1. The van der Waals surface area contributed by atoms with Crippen molar-refractivity contribution in [3.63, 3.8) is 0 Å². The maximum Gasteiger partial charge on any atom is 0.255 e. The first-order valence-electron chi connectivity index (χ1n) is 11.7. The first kappa shape index (κ1) is 23.7. The van der Waals surface area contributed by atoms with Crippen LogP contribution >= 0.6 is 0 Å². The Morgan fingerprint density at radius 3 is 2.21 bits per heavy atom. The van der Waals surface area contributed by atoms with E-state index in [0.29, 0.717) is 24.3 Å². The number of rotatable bonds is 5. The zero-order valence-corrected chi connectivity index (χ0v) is 20.2. The summed E-state index contributed by atoms with van der Waals surface area (Å²) >= 11 is 0. The average molecular weight is 472 g/mol. The zero-order chi connectivity index (χ0) is 23.4. The number of hydrogen-bond donors (Lipinski definition) is 1. The molecule has 2 saturated heterocycles. The van der Waals surface area contributed by atoms with Gasteiger partial charge in [0.25, 0.3) is 5.91 Å². The minimum Gasteiger partial charge on any atom is -0.373 e. The van der Waals surface area contributed by atoms with Crippen molar-refractivity contribution < 1.29 is 17.9 Å². The molecule has 0 unspecified atom stereocenters. The van der Waals surface area contributed by atoms with Crippen molar-refractivity contribution in [3.8, 4) is 0 Å². The van der Waals surface area contributed by atoms with Crippen LogP contribution < -0.4 is 10.2 Å². The van der Waals surface area contributed by atoms with Crippen LogP contribution in [0.25, 0.3) is 0 Å². The van der Waals surface area contributed by atoms with Crippen molar-refractivity contribution in [2.45, 2.75) is 56.6 Å². The summed E-state index contributed by atoms with van der Waals surface area (Å²) in [5, 5.41) is 2.89. The van der Waals surface area contributed by atoms with Crippen molar-refractivity contribution in [1.82, 2.24) is 4.31 Å². The summed E-state index contributed by atoms with van der Waals surface area (Å²) in [4.78, 5) is 15.4. The molecule has 2 atom stereocenters. The Kier molecular flexibility index (Phi) is 7.36. The Hall–Kier alpha value is -2.42. The summed E-state index contributed by atoms with van der Waals surface area (Å²) in [6.07, 6.45) is 4.63. The number of benzene rings is 2. The fourth-order valence-corrected chi connectivity index (χ4v) is 6.20. The number of anilines is 2. The van der Waals surface area contributed by atoms with Crippen LogP contribution in [0.5, 0.6) is 0 Å². The van der Waals surface area contributed by atoms with Gasteiger partial charge in [0, 0.05) is 43.1 Å². The molecule has 2 aromatic carbocycles. The highest BCUT2D eigenvalue weighted by Crippen LogP contribution is 2.24. The molecule has 0 spiro atoms. The average Bonchev–Trinajstić information content (AvgIpc) is 3.09. The van der Waals surface area contributed by atoms with Crippen LogP contribution in [-0.2, 0) is 14.8 Å². The Labute approximate surface area is 196 Å². The molecule has 0 aliphatic carbocycles.